The number of rotatable bonds is 6. The van der Waals surface area contributed by atoms with Crippen LogP contribution in [0.4, 0.5) is 5.69 Å². The summed E-state index contributed by atoms with van der Waals surface area (Å²) in [6.45, 7) is 2.38. The molecule has 0 saturated carbocycles. The maximum absolute atomic E-state index is 11.5. The Balaban J connectivity index is 1.44. The molecule has 0 N–H and O–H groups in total. The second-order valence-corrected chi connectivity index (χ2v) is 6.53. The van der Waals surface area contributed by atoms with Crippen molar-refractivity contribution >= 4 is 16.7 Å². The molecule has 0 aliphatic heterocycles. The van der Waals surface area contributed by atoms with E-state index in [1.165, 1.54) is 18.2 Å². The zero-order chi connectivity index (χ0) is 20.4. The Kier molecular flexibility index (Phi) is 4.78. The summed E-state index contributed by atoms with van der Waals surface area (Å²) in [4.78, 5) is 22.0. The molecule has 0 saturated heterocycles. The van der Waals surface area contributed by atoms with Crippen LogP contribution in [-0.4, -0.2) is 19.9 Å². The van der Waals surface area contributed by atoms with Crippen molar-refractivity contribution in [2.45, 2.75) is 20.1 Å². The van der Waals surface area contributed by atoms with Crippen LogP contribution in [0.25, 0.3) is 11.0 Å². The molecule has 29 heavy (non-hydrogen) atoms. The molecule has 2 aromatic heterocycles. The molecule has 146 valence electrons. The monoisotopic (exact) mass is 392 g/mol. The lowest BCUT2D eigenvalue weighted by atomic mass is 10.1. The van der Waals surface area contributed by atoms with Crippen LogP contribution in [0.1, 0.15) is 16.8 Å². The standard InChI is InChI=1S/C20H16N4O5/c1-13-7-20(25)29-19-9-17(5-6-18(13)19)28-12-15-11-23(22-21-15)10-14-3-2-4-16(8-14)24(26)27/h2-9,11H,10,12H2,1H3. The Morgan fingerprint density at radius 2 is 2.07 bits per heavy atom. The number of benzene rings is 2. The first-order valence-electron chi connectivity index (χ1n) is 8.77. The number of hydrogen-bond acceptors (Lipinski definition) is 7. The molecule has 0 bridgehead atoms. The van der Waals surface area contributed by atoms with Crippen LogP contribution in [0, 0.1) is 17.0 Å². The number of nitrogens with zero attached hydrogens (tertiary/aromatic N) is 4. The summed E-state index contributed by atoms with van der Waals surface area (Å²) in [6.07, 6.45) is 1.71. The summed E-state index contributed by atoms with van der Waals surface area (Å²) in [5.41, 5.74) is 2.27. The van der Waals surface area contributed by atoms with Gasteiger partial charge in [0, 0.05) is 29.7 Å². The lowest BCUT2D eigenvalue weighted by molar-refractivity contribution is -0.384. The van der Waals surface area contributed by atoms with E-state index < -0.39 is 10.5 Å². The van der Waals surface area contributed by atoms with E-state index in [1.54, 1.807) is 35.1 Å². The lowest BCUT2D eigenvalue weighted by Crippen LogP contribution is -2.01. The summed E-state index contributed by atoms with van der Waals surface area (Å²) in [5, 5.41) is 19.8. The first-order valence-corrected chi connectivity index (χ1v) is 8.77. The summed E-state index contributed by atoms with van der Waals surface area (Å²) < 4.78 is 12.5. The average Bonchev–Trinajstić information content (AvgIpc) is 3.13. The van der Waals surface area contributed by atoms with Crippen molar-refractivity contribution in [2.75, 3.05) is 0 Å². The van der Waals surface area contributed by atoms with Crippen LogP contribution in [-0.2, 0) is 13.2 Å². The highest BCUT2D eigenvalue weighted by molar-refractivity contribution is 5.81. The van der Waals surface area contributed by atoms with Gasteiger partial charge in [-0.3, -0.25) is 10.1 Å². The van der Waals surface area contributed by atoms with Gasteiger partial charge in [-0.1, -0.05) is 17.3 Å². The third-order valence-corrected chi connectivity index (χ3v) is 4.36. The molecule has 0 spiro atoms. The van der Waals surface area contributed by atoms with Crippen LogP contribution in [0.5, 0.6) is 5.75 Å². The van der Waals surface area contributed by atoms with Crippen molar-refractivity contribution < 1.29 is 14.1 Å². The molecular formula is C20H16N4O5. The lowest BCUT2D eigenvalue weighted by Gasteiger charge is -2.06. The molecule has 0 aliphatic rings. The summed E-state index contributed by atoms with van der Waals surface area (Å²) in [5.74, 6) is 0.541. The smallest absolute Gasteiger partial charge is 0.336 e. The van der Waals surface area contributed by atoms with E-state index in [2.05, 4.69) is 10.3 Å². The fourth-order valence-corrected chi connectivity index (χ4v) is 2.99. The van der Waals surface area contributed by atoms with E-state index in [1.807, 2.05) is 13.0 Å². The molecule has 0 unspecified atom stereocenters. The Morgan fingerprint density at radius 1 is 1.21 bits per heavy atom. The maximum Gasteiger partial charge on any atom is 0.336 e. The van der Waals surface area contributed by atoms with Gasteiger partial charge < -0.3 is 9.15 Å². The zero-order valence-electron chi connectivity index (χ0n) is 15.4. The van der Waals surface area contributed by atoms with Gasteiger partial charge in [-0.15, -0.1) is 5.10 Å². The van der Waals surface area contributed by atoms with E-state index in [0.717, 1.165) is 16.5 Å². The molecule has 4 rings (SSSR count). The minimum absolute atomic E-state index is 0.0318. The zero-order valence-corrected chi connectivity index (χ0v) is 15.4. The number of nitro benzene ring substituents is 1. The number of aryl methyl sites for hydroxylation is 1. The highest BCUT2D eigenvalue weighted by atomic mass is 16.6. The normalized spacial score (nSPS) is 10.9. The topological polar surface area (TPSA) is 113 Å². The summed E-state index contributed by atoms with van der Waals surface area (Å²) >= 11 is 0. The van der Waals surface area contributed by atoms with Gasteiger partial charge in [-0.05, 0) is 30.2 Å². The van der Waals surface area contributed by atoms with Gasteiger partial charge in [-0.2, -0.15) is 0 Å². The van der Waals surface area contributed by atoms with Gasteiger partial charge in [-0.25, -0.2) is 9.48 Å². The summed E-state index contributed by atoms with van der Waals surface area (Å²) in [7, 11) is 0. The van der Waals surface area contributed by atoms with Crippen LogP contribution in [0.15, 0.2) is 63.9 Å². The molecule has 0 amide bonds. The van der Waals surface area contributed by atoms with Crippen molar-refractivity contribution in [3.05, 3.63) is 92.1 Å². The largest absolute Gasteiger partial charge is 0.487 e. The second kappa shape index (κ2) is 7.55. The van der Waals surface area contributed by atoms with Crippen molar-refractivity contribution in [3.8, 4) is 5.75 Å². The molecule has 9 heteroatoms. The fourth-order valence-electron chi connectivity index (χ4n) is 2.99. The van der Waals surface area contributed by atoms with Gasteiger partial charge in [0.1, 0.15) is 23.6 Å². The molecule has 2 heterocycles. The first kappa shape index (κ1) is 18.4. The third-order valence-electron chi connectivity index (χ3n) is 4.36. The van der Waals surface area contributed by atoms with Crippen molar-refractivity contribution in [3.63, 3.8) is 0 Å². The minimum atomic E-state index is -0.433. The average molecular weight is 392 g/mol. The molecular weight excluding hydrogens is 376 g/mol. The number of non-ortho nitro benzene ring substituents is 1. The fraction of sp³-hybridized carbons (Fsp3) is 0.150. The van der Waals surface area contributed by atoms with Gasteiger partial charge in [0.15, 0.2) is 0 Å². The molecule has 0 atom stereocenters. The van der Waals surface area contributed by atoms with Crippen molar-refractivity contribution in [1.29, 1.82) is 0 Å². The Hall–Kier alpha value is -4.01. The van der Waals surface area contributed by atoms with E-state index in [9.17, 15) is 14.9 Å². The quantitative estimate of drug-likeness (QED) is 0.281. The molecule has 0 fully saturated rings. The van der Waals surface area contributed by atoms with Crippen LogP contribution in [0.3, 0.4) is 0 Å². The predicted octanol–water partition coefficient (Wildman–Crippen LogP) is 3.23. The van der Waals surface area contributed by atoms with E-state index >= 15 is 0 Å². The molecule has 2 aromatic carbocycles. The maximum atomic E-state index is 11.5. The number of nitro groups is 1. The molecule has 9 nitrogen and oxygen atoms in total. The highest BCUT2D eigenvalue weighted by Gasteiger charge is 2.09. The number of hydrogen-bond donors (Lipinski definition) is 0. The Morgan fingerprint density at radius 3 is 2.90 bits per heavy atom. The Labute approximate surface area is 164 Å². The number of aromatic nitrogens is 3. The third kappa shape index (κ3) is 4.13. The van der Waals surface area contributed by atoms with Gasteiger partial charge in [0.05, 0.1) is 17.7 Å². The van der Waals surface area contributed by atoms with Crippen LogP contribution < -0.4 is 10.4 Å². The molecule has 0 radical (unpaired) electrons. The van der Waals surface area contributed by atoms with Gasteiger partial charge >= 0.3 is 5.63 Å². The van der Waals surface area contributed by atoms with E-state index in [0.29, 0.717) is 23.6 Å². The molecule has 0 aliphatic carbocycles. The second-order valence-electron chi connectivity index (χ2n) is 6.53. The number of fused-ring (bicyclic) bond motifs is 1. The van der Waals surface area contributed by atoms with Crippen LogP contribution >= 0.6 is 0 Å². The van der Waals surface area contributed by atoms with Gasteiger partial charge in [0.2, 0.25) is 0 Å². The van der Waals surface area contributed by atoms with Crippen LogP contribution in [0.2, 0.25) is 0 Å². The summed E-state index contributed by atoms with van der Waals surface area (Å²) in [6, 6.07) is 13.1. The van der Waals surface area contributed by atoms with Crippen molar-refractivity contribution in [1.82, 2.24) is 15.0 Å². The Bertz CT molecular complexity index is 1260. The first-order chi connectivity index (χ1) is 14.0. The highest BCUT2D eigenvalue weighted by Crippen LogP contribution is 2.22. The number of ether oxygens (including phenoxy) is 1. The van der Waals surface area contributed by atoms with E-state index in [-0.39, 0.29) is 12.3 Å². The minimum Gasteiger partial charge on any atom is -0.487 e. The molecule has 4 aromatic rings. The van der Waals surface area contributed by atoms with Gasteiger partial charge in [0.25, 0.3) is 5.69 Å². The van der Waals surface area contributed by atoms with E-state index in [4.69, 9.17) is 9.15 Å². The predicted molar refractivity (Wildman–Crippen MR) is 104 cm³/mol. The van der Waals surface area contributed by atoms with Crippen molar-refractivity contribution in [2.24, 2.45) is 0 Å². The SMILES string of the molecule is Cc1cc(=O)oc2cc(OCc3cn(Cc4cccc([N+](=O)[O-])c4)nn3)ccc12.